The van der Waals surface area contributed by atoms with Gasteiger partial charge in [-0.2, -0.15) is 0 Å². The summed E-state index contributed by atoms with van der Waals surface area (Å²) in [5, 5.41) is 12.3. The van der Waals surface area contributed by atoms with Crippen molar-refractivity contribution in [3.63, 3.8) is 0 Å². The summed E-state index contributed by atoms with van der Waals surface area (Å²) in [6.07, 6.45) is 2.45. The Labute approximate surface area is 99.5 Å². The molecule has 0 saturated carbocycles. The summed E-state index contributed by atoms with van der Waals surface area (Å²) in [4.78, 5) is 1.99. The van der Waals surface area contributed by atoms with Crippen molar-refractivity contribution in [2.45, 2.75) is 17.2 Å². The maximum atomic E-state index is 4.13. The molecule has 1 heterocycles. The first kappa shape index (κ1) is 12.7. The fourth-order valence-electron chi connectivity index (χ4n) is 1.00. The molecule has 0 aliphatic carbocycles. The van der Waals surface area contributed by atoms with E-state index in [1.165, 1.54) is 12.8 Å². The molecule has 1 rings (SSSR count). The van der Waals surface area contributed by atoms with Crippen molar-refractivity contribution in [2.75, 3.05) is 38.3 Å². The Kier molecular flexibility index (Phi) is 5.97. The lowest BCUT2D eigenvalue weighted by Crippen LogP contribution is -2.07. The van der Waals surface area contributed by atoms with Gasteiger partial charge in [0.25, 0.3) is 0 Å². The topological polar surface area (TPSA) is 41.1 Å². The van der Waals surface area contributed by atoms with Crippen molar-refractivity contribution >= 4 is 28.2 Å². The van der Waals surface area contributed by atoms with Crippen LogP contribution in [0, 0.1) is 0 Å². The summed E-state index contributed by atoms with van der Waals surface area (Å²) in [5.74, 6) is 1.13. The van der Waals surface area contributed by atoms with E-state index in [1.807, 2.05) is 26.0 Å². The van der Waals surface area contributed by atoms with Gasteiger partial charge in [-0.1, -0.05) is 23.1 Å². The predicted octanol–water partition coefficient (Wildman–Crippen LogP) is 1.70. The smallest absolute Gasteiger partial charge is 0.208 e. The molecule has 0 fully saturated rings. The Morgan fingerprint density at radius 1 is 1.33 bits per heavy atom. The van der Waals surface area contributed by atoms with Crippen LogP contribution in [0.4, 0.5) is 5.13 Å². The van der Waals surface area contributed by atoms with Gasteiger partial charge in [-0.25, -0.2) is 0 Å². The molecule has 0 saturated heterocycles. The number of hydrogen-bond donors (Lipinski definition) is 1. The third-order valence-electron chi connectivity index (χ3n) is 1.83. The zero-order valence-electron chi connectivity index (χ0n) is 9.49. The molecule has 86 valence electrons. The second-order valence-corrected chi connectivity index (χ2v) is 5.70. The second-order valence-electron chi connectivity index (χ2n) is 3.40. The van der Waals surface area contributed by atoms with Crippen LogP contribution in [-0.4, -0.2) is 43.6 Å². The summed E-state index contributed by atoms with van der Waals surface area (Å²) >= 11 is 3.46. The molecule has 15 heavy (non-hydrogen) atoms. The molecule has 0 unspecified atom stereocenters. The van der Waals surface area contributed by atoms with Crippen LogP contribution in [0.5, 0.6) is 0 Å². The average Bonchev–Trinajstić information content (AvgIpc) is 2.66. The second kappa shape index (κ2) is 7.03. The molecule has 4 nitrogen and oxygen atoms in total. The van der Waals surface area contributed by atoms with E-state index in [0.717, 1.165) is 21.8 Å². The van der Waals surface area contributed by atoms with Crippen LogP contribution >= 0.6 is 23.1 Å². The number of nitrogens with one attached hydrogen (secondary N) is 1. The Morgan fingerprint density at radius 2 is 2.13 bits per heavy atom. The molecule has 1 aromatic heterocycles. The van der Waals surface area contributed by atoms with Gasteiger partial charge in [-0.05, 0) is 26.4 Å². The van der Waals surface area contributed by atoms with Crippen LogP contribution in [0.1, 0.15) is 12.8 Å². The van der Waals surface area contributed by atoms with E-state index in [2.05, 4.69) is 15.5 Å². The van der Waals surface area contributed by atoms with Gasteiger partial charge in [-0.3, -0.25) is 0 Å². The van der Waals surface area contributed by atoms with Crippen molar-refractivity contribution in [3.05, 3.63) is 0 Å². The zero-order valence-corrected chi connectivity index (χ0v) is 11.1. The summed E-state index contributed by atoms with van der Waals surface area (Å²) in [6, 6.07) is 0. The van der Waals surface area contributed by atoms with E-state index >= 15 is 0 Å². The van der Waals surface area contributed by atoms with Crippen LogP contribution in [0.15, 0.2) is 4.34 Å². The van der Waals surface area contributed by atoms with Gasteiger partial charge in [0.15, 0.2) is 4.34 Å². The SMILES string of the molecule is CNCCCCSc1nnc(N(C)C)s1. The molecular formula is C9H18N4S2. The normalized spacial score (nSPS) is 10.6. The van der Waals surface area contributed by atoms with E-state index in [0.29, 0.717) is 0 Å². The van der Waals surface area contributed by atoms with E-state index < -0.39 is 0 Å². The van der Waals surface area contributed by atoms with Crippen LogP contribution in [0.3, 0.4) is 0 Å². The Balaban J connectivity index is 2.20. The van der Waals surface area contributed by atoms with Crippen LogP contribution in [-0.2, 0) is 0 Å². The summed E-state index contributed by atoms with van der Waals surface area (Å²) < 4.78 is 1.07. The maximum absolute atomic E-state index is 4.13. The fraction of sp³-hybridized carbons (Fsp3) is 0.778. The number of anilines is 1. The van der Waals surface area contributed by atoms with Gasteiger partial charge in [0, 0.05) is 19.8 Å². The van der Waals surface area contributed by atoms with Crippen molar-refractivity contribution in [1.29, 1.82) is 0 Å². The molecule has 0 spiro atoms. The Morgan fingerprint density at radius 3 is 2.73 bits per heavy atom. The van der Waals surface area contributed by atoms with E-state index in [-0.39, 0.29) is 0 Å². The Bertz CT molecular complexity index is 275. The lowest BCUT2D eigenvalue weighted by atomic mass is 10.3. The maximum Gasteiger partial charge on any atom is 0.208 e. The number of rotatable bonds is 7. The molecule has 0 aliphatic heterocycles. The van der Waals surface area contributed by atoms with Gasteiger partial charge < -0.3 is 10.2 Å². The summed E-state index contributed by atoms with van der Waals surface area (Å²) in [7, 11) is 5.96. The number of hydrogen-bond acceptors (Lipinski definition) is 6. The molecule has 0 radical (unpaired) electrons. The highest BCUT2D eigenvalue weighted by atomic mass is 32.2. The molecule has 0 bridgehead atoms. The van der Waals surface area contributed by atoms with Crippen LogP contribution < -0.4 is 10.2 Å². The lowest BCUT2D eigenvalue weighted by molar-refractivity contribution is 0.714. The predicted molar refractivity (Wildman–Crippen MR) is 68.1 cm³/mol. The van der Waals surface area contributed by atoms with Gasteiger partial charge >= 0.3 is 0 Å². The molecule has 0 amide bonds. The third-order valence-corrected chi connectivity index (χ3v) is 4.14. The van der Waals surface area contributed by atoms with Crippen LogP contribution in [0.25, 0.3) is 0 Å². The first-order valence-corrected chi connectivity index (χ1v) is 6.82. The average molecular weight is 246 g/mol. The Hall–Kier alpha value is -0.330. The summed E-state index contributed by atoms with van der Waals surface area (Å²) in [5.41, 5.74) is 0. The third kappa shape index (κ3) is 4.81. The van der Waals surface area contributed by atoms with E-state index in [9.17, 15) is 0 Å². The fourth-order valence-corrected chi connectivity index (χ4v) is 2.84. The quantitative estimate of drug-likeness (QED) is 0.586. The molecule has 1 N–H and O–H groups in total. The molecule has 6 heteroatoms. The van der Waals surface area contributed by atoms with Gasteiger partial charge in [0.2, 0.25) is 5.13 Å². The van der Waals surface area contributed by atoms with Crippen LogP contribution in [0.2, 0.25) is 0 Å². The number of aromatic nitrogens is 2. The first-order chi connectivity index (χ1) is 7.24. The highest BCUT2D eigenvalue weighted by molar-refractivity contribution is 8.01. The minimum absolute atomic E-state index is 0.979. The monoisotopic (exact) mass is 246 g/mol. The number of unbranched alkanes of at least 4 members (excludes halogenated alkanes) is 1. The van der Waals surface area contributed by atoms with Gasteiger partial charge in [0.1, 0.15) is 0 Å². The highest BCUT2D eigenvalue weighted by Crippen LogP contribution is 2.27. The largest absolute Gasteiger partial charge is 0.353 e. The first-order valence-electron chi connectivity index (χ1n) is 5.02. The van der Waals surface area contributed by atoms with Crippen molar-refractivity contribution in [2.24, 2.45) is 0 Å². The van der Waals surface area contributed by atoms with Crippen molar-refractivity contribution in [3.8, 4) is 0 Å². The van der Waals surface area contributed by atoms with E-state index in [4.69, 9.17) is 0 Å². The lowest BCUT2D eigenvalue weighted by Gasteiger charge is -2.03. The summed E-state index contributed by atoms with van der Waals surface area (Å²) in [6.45, 7) is 1.10. The van der Waals surface area contributed by atoms with Gasteiger partial charge in [0.05, 0.1) is 0 Å². The molecule has 1 aromatic rings. The molecular weight excluding hydrogens is 228 g/mol. The minimum atomic E-state index is 0.979. The zero-order chi connectivity index (χ0) is 11.1. The minimum Gasteiger partial charge on any atom is -0.353 e. The molecule has 0 aromatic carbocycles. The van der Waals surface area contributed by atoms with Gasteiger partial charge in [-0.15, -0.1) is 10.2 Å². The highest BCUT2D eigenvalue weighted by Gasteiger charge is 2.05. The molecule has 0 aliphatic rings. The van der Waals surface area contributed by atoms with Crippen molar-refractivity contribution in [1.82, 2.24) is 15.5 Å². The standard InChI is InChI=1S/C9H18N4S2/c1-10-6-4-5-7-14-9-12-11-8(15-9)13(2)3/h10H,4-7H2,1-3H3. The van der Waals surface area contributed by atoms with Crippen molar-refractivity contribution < 1.29 is 0 Å². The number of thioether (sulfide) groups is 1. The number of nitrogens with zero attached hydrogens (tertiary/aromatic N) is 3. The van der Waals surface area contributed by atoms with E-state index in [1.54, 1.807) is 23.1 Å². The molecule has 0 atom stereocenters.